The number of hydrogen-bond acceptors (Lipinski definition) is 4. The Morgan fingerprint density at radius 3 is 2.36 bits per heavy atom. The van der Waals surface area contributed by atoms with Crippen molar-refractivity contribution in [3.63, 3.8) is 0 Å². The molecule has 1 amide bonds. The Kier molecular flexibility index (Phi) is 7.23. The zero-order valence-corrected chi connectivity index (χ0v) is 25.0. The number of carbonyl (C=O) groups excluding carboxylic acids is 1. The van der Waals surface area contributed by atoms with E-state index in [2.05, 4.69) is 71.0 Å². The fourth-order valence-electron chi connectivity index (χ4n) is 8.26. The van der Waals surface area contributed by atoms with Gasteiger partial charge in [0, 0.05) is 31.2 Å². The number of aromatic nitrogens is 2. The number of phenolic OH excluding ortho intramolecular Hbond substituents is 1. The Morgan fingerprint density at radius 2 is 1.62 bits per heavy atom. The zero-order valence-electron chi connectivity index (χ0n) is 24.3. The van der Waals surface area contributed by atoms with Gasteiger partial charge >= 0.3 is 0 Å². The van der Waals surface area contributed by atoms with E-state index in [4.69, 9.17) is 16.6 Å². The molecule has 7 heteroatoms. The number of likely N-dealkylation sites (tertiary alicyclic amines) is 1. The quantitative estimate of drug-likeness (QED) is 0.262. The number of benzene rings is 3. The third-order valence-corrected chi connectivity index (χ3v) is 10.8. The molecule has 1 N–H and O–H groups in total. The van der Waals surface area contributed by atoms with Crippen LogP contribution in [0.1, 0.15) is 72.7 Å². The summed E-state index contributed by atoms with van der Waals surface area (Å²) < 4.78 is 2.51. The summed E-state index contributed by atoms with van der Waals surface area (Å²) in [5.41, 5.74) is 4.07. The summed E-state index contributed by atoms with van der Waals surface area (Å²) in [6.45, 7) is 4.58. The van der Waals surface area contributed by atoms with E-state index < -0.39 is 0 Å². The summed E-state index contributed by atoms with van der Waals surface area (Å²) in [6, 6.07) is 26.2. The maximum absolute atomic E-state index is 13.3. The second-order valence-corrected chi connectivity index (χ2v) is 13.0. The van der Waals surface area contributed by atoms with Gasteiger partial charge in [-0.05, 0) is 93.7 Å². The van der Waals surface area contributed by atoms with Gasteiger partial charge in [0.15, 0.2) is 0 Å². The van der Waals surface area contributed by atoms with Gasteiger partial charge in [-0.3, -0.25) is 9.69 Å². The topological polar surface area (TPSA) is 61.6 Å². The minimum absolute atomic E-state index is 0.0296. The minimum Gasteiger partial charge on any atom is -0.506 e. The SMILES string of the molecule is Cc1nc2ccccc2n1C1C[C@H]2CC[C@@H](C1)N2CCC1(c2ccccc2)CCN(C(=O)c2cccc(Cl)c2O)CC1. The molecule has 4 heterocycles. The number of fused-ring (bicyclic) bond motifs is 3. The molecular formula is C35H39ClN4O2. The largest absolute Gasteiger partial charge is 0.506 e. The number of piperidine rings is 2. The van der Waals surface area contributed by atoms with E-state index in [-0.39, 0.29) is 27.7 Å². The molecule has 0 aliphatic carbocycles. The average Bonchev–Trinajstić information content (AvgIpc) is 3.48. The Morgan fingerprint density at radius 1 is 0.929 bits per heavy atom. The third-order valence-electron chi connectivity index (χ3n) is 10.5. The molecule has 1 unspecified atom stereocenters. The first-order valence-electron chi connectivity index (χ1n) is 15.5. The van der Waals surface area contributed by atoms with Gasteiger partial charge in [0.05, 0.1) is 21.6 Å². The number of halogens is 1. The molecule has 42 heavy (non-hydrogen) atoms. The highest BCUT2D eigenvalue weighted by atomic mass is 35.5. The molecule has 0 saturated carbocycles. The van der Waals surface area contributed by atoms with Crippen LogP contribution in [0.4, 0.5) is 0 Å². The number of para-hydroxylation sites is 3. The van der Waals surface area contributed by atoms with Crippen LogP contribution in [0.5, 0.6) is 5.75 Å². The molecule has 218 valence electrons. The van der Waals surface area contributed by atoms with Gasteiger partial charge < -0.3 is 14.6 Å². The van der Waals surface area contributed by atoms with E-state index >= 15 is 0 Å². The number of imidazole rings is 1. The van der Waals surface area contributed by atoms with Gasteiger partial charge in [0.1, 0.15) is 11.6 Å². The summed E-state index contributed by atoms with van der Waals surface area (Å²) in [5.74, 6) is 0.866. The lowest BCUT2D eigenvalue weighted by molar-refractivity contribution is 0.0604. The van der Waals surface area contributed by atoms with Crippen molar-refractivity contribution in [3.05, 3.63) is 94.8 Å². The third kappa shape index (κ3) is 4.79. The monoisotopic (exact) mass is 582 g/mol. The van der Waals surface area contributed by atoms with Crippen LogP contribution in [0.3, 0.4) is 0 Å². The molecule has 3 aliphatic heterocycles. The van der Waals surface area contributed by atoms with Gasteiger partial charge in [0.2, 0.25) is 0 Å². The van der Waals surface area contributed by atoms with Crippen LogP contribution in [0.15, 0.2) is 72.8 Å². The Bertz CT molecular complexity index is 1580. The van der Waals surface area contributed by atoms with E-state index in [1.54, 1.807) is 18.2 Å². The normalized spacial score (nSPS) is 23.9. The molecular weight excluding hydrogens is 544 g/mol. The molecule has 6 nitrogen and oxygen atoms in total. The van der Waals surface area contributed by atoms with Crippen LogP contribution >= 0.6 is 11.6 Å². The molecule has 4 aromatic rings. The molecule has 3 fully saturated rings. The minimum atomic E-state index is -0.140. The number of rotatable bonds is 6. The first-order chi connectivity index (χ1) is 20.4. The van der Waals surface area contributed by atoms with Crippen molar-refractivity contribution in [2.24, 2.45) is 0 Å². The molecule has 2 bridgehead atoms. The molecule has 0 spiro atoms. The van der Waals surface area contributed by atoms with Crippen LogP contribution in [-0.2, 0) is 5.41 Å². The fraction of sp³-hybridized carbons (Fsp3) is 0.429. The highest BCUT2D eigenvalue weighted by Crippen LogP contribution is 2.45. The smallest absolute Gasteiger partial charge is 0.257 e. The van der Waals surface area contributed by atoms with Crippen molar-refractivity contribution in [1.82, 2.24) is 19.4 Å². The van der Waals surface area contributed by atoms with Gasteiger partial charge in [0.25, 0.3) is 5.91 Å². The number of aryl methyl sites for hydroxylation is 1. The number of phenols is 1. The lowest BCUT2D eigenvalue weighted by atomic mass is 9.70. The first-order valence-corrected chi connectivity index (χ1v) is 15.8. The van der Waals surface area contributed by atoms with Crippen LogP contribution in [-0.4, -0.2) is 62.1 Å². The predicted molar refractivity (Wildman–Crippen MR) is 167 cm³/mol. The standard InChI is InChI=1S/C35H39ClN4O2/c1-24-37-31-12-5-6-13-32(31)40(24)28-22-26-14-15-27(23-28)39(26)21-18-35(25-8-3-2-4-9-25)16-19-38(20-17-35)34(42)29-10-7-11-30(36)33(29)41/h2-13,26-28,41H,14-23H2,1H3/t26-,27+,28?. The summed E-state index contributed by atoms with van der Waals surface area (Å²) in [5, 5.41) is 10.6. The molecule has 1 aromatic heterocycles. The van der Waals surface area contributed by atoms with Gasteiger partial charge in [-0.2, -0.15) is 0 Å². The molecule has 3 aliphatic rings. The molecule has 3 saturated heterocycles. The van der Waals surface area contributed by atoms with E-state index in [9.17, 15) is 9.90 Å². The maximum Gasteiger partial charge on any atom is 0.257 e. The number of carbonyl (C=O) groups is 1. The lowest BCUT2D eigenvalue weighted by Gasteiger charge is -2.45. The Hall–Kier alpha value is -3.35. The van der Waals surface area contributed by atoms with Crippen LogP contribution < -0.4 is 0 Å². The number of amides is 1. The molecule has 7 rings (SSSR count). The molecule has 0 radical (unpaired) electrons. The average molecular weight is 583 g/mol. The van der Waals surface area contributed by atoms with Crippen LogP contribution in [0.25, 0.3) is 11.0 Å². The van der Waals surface area contributed by atoms with Crippen molar-refractivity contribution < 1.29 is 9.90 Å². The van der Waals surface area contributed by atoms with E-state index in [1.165, 1.54) is 36.8 Å². The summed E-state index contributed by atoms with van der Waals surface area (Å²) in [6.07, 6.45) is 7.83. The highest BCUT2D eigenvalue weighted by Gasteiger charge is 2.44. The van der Waals surface area contributed by atoms with Gasteiger partial charge in [-0.1, -0.05) is 60.1 Å². The second kappa shape index (κ2) is 11.1. The van der Waals surface area contributed by atoms with E-state index in [0.717, 1.165) is 37.1 Å². The number of nitrogens with zero attached hydrogens (tertiary/aromatic N) is 4. The van der Waals surface area contributed by atoms with Crippen molar-refractivity contribution in [1.29, 1.82) is 0 Å². The second-order valence-electron chi connectivity index (χ2n) is 12.6. The summed E-state index contributed by atoms with van der Waals surface area (Å²) in [4.78, 5) is 22.9. The van der Waals surface area contributed by atoms with Crippen molar-refractivity contribution in [3.8, 4) is 5.75 Å². The summed E-state index contributed by atoms with van der Waals surface area (Å²) in [7, 11) is 0. The maximum atomic E-state index is 13.3. The molecule has 3 atom stereocenters. The zero-order chi connectivity index (χ0) is 28.8. The van der Waals surface area contributed by atoms with Gasteiger partial charge in [-0.25, -0.2) is 4.98 Å². The number of hydrogen-bond donors (Lipinski definition) is 1. The first kappa shape index (κ1) is 27.5. The Labute approximate surface area is 252 Å². The number of aromatic hydroxyl groups is 1. The predicted octanol–water partition coefficient (Wildman–Crippen LogP) is 7.14. The van der Waals surface area contributed by atoms with Gasteiger partial charge in [-0.15, -0.1) is 0 Å². The van der Waals surface area contributed by atoms with Crippen molar-refractivity contribution in [2.45, 2.75) is 75.4 Å². The molecule has 3 aromatic carbocycles. The summed E-state index contributed by atoms with van der Waals surface area (Å²) >= 11 is 6.11. The lowest BCUT2D eigenvalue weighted by Crippen LogP contribution is -2.49. The van der Waals surface area contributed by atoms with Crippen LogP contribution in [0.2, 0.25) is 5.02 Å². The van der Waals surface area contributed by atoms with Crippen molar-refractivity contribution in [2.75, 3.05) is 19.6 Å². The fourth-order valence-corrected chi connectivity index (χ4v) is 8.44. The van der Waals surface area contributed by atoms with E-state index in [1.807, 2.05) is 4.90 Å². The van der Waals surface area contributed by atoms with Crippen molar-refractivity contribution >= 4 is 28.5 Å². The van der Waals surface area contributed by atoms with E-state index in [0.29, 0.717) is 31.2 Å². The van der Waals surface area contributed by atoms with Crippen LogP contribution in [0, 0.1) is 6.92 Å². The Balaban J connectivity index is 1.07. The highest BCUT2D eigenvalue weighted by molar-refractivity contribution is 6.32.